The standard InChI is InChI=1S/C14H14BrN3O2/c15-12-5-4-11(14(9-12)18(19)20)10-16-8-6-13-3-1-2-7-17-13/h1-5,7,9,16H,6,8,10H2. The molecular formula is C14H14BrN3O2. The summed E-state index contributed by atoms with van der Waals surface area (Å²) in [6.07, 6.45) is 2.56. The van der Waals surface area contributed by atoms with Crippen LogP contribution in [0.5, 0.6) is 0 Å². The van der Waals surface area contributed by atoms with E-state index in [0.29, 0.717) is 16.6 Å². The van der Waals surface area contributed by atoms with Crippen molar-refractivity contribution in [3.8, 4) is 0 Å². The minimum Gasteiger partial charge on any atom is -0.312 e. The van der Waals surface area contributed by atoms with E-state index in [1.54, 1.807) is 12.3 Å². The van der Waals surface area contributed by atoms with Crippen molar-refractivity contribution >= 4 is 21.6 Å². The predicted molar refractivity (Wildman–Crippen MR) is 80.4 cm³/mol. The van der Waals surface area contributed by atoms with Crippen molar-refractivity contribution in [1.82, 2.24) is 10.3 Å². The molecular weight excluding hydrogens is 322 g/mol. The first-order valence-corrected chi connectivity index (χ1v) is 6.99. The molecule has 0 fully saturated rings. The Morgan fingerprint density at radius 3 is 2.85 bits per heavy atom. The van der Waals surface area contributed by atoms with Gasteiger partial charge in [0.05, 0.1) is 4.92 Å². The molecule has 5 nitrogen and oxygen atoms in total. The minimum absolute atomic E-state index is 0.129. The monoisotopic (exact) mass is 335 g/mol. The molecule has 0 atom stereocenters. The number of nitrogens with zero attached hydrogens (tertiary/aromatic N) is 2. The zero-order valence-electron chi connectivity index (χ0n) is 10.8. The maximum absolute atomic E-state index is 11.0. The van der Waals surface area contributed by atoms with Gasteiger partial charge in [0.15, 0.2) is 0 Å². The summed E-state index contributed by atoms with van der Waals surface area (Å²) in [5.41, 5.74) is 1.81. The topological polar surface area (TPSA) is 68.1 Å². The fourth-order valence-corrected chi connectivity index (χ4v) is 2.19. The van der Waals surface area contributed by atoms with Gasteiger partial charge in [0.2, 0.25) is 0 Å². The average Bonchev–Trinajstić information content (AvgIpc) is 2.45. The second kappa shape index (κ2) is 7.12. The summed E-state index contributed by atoms with van der Waals surface area (Å²) in [4.78, 5) is 14.8. The van der Waals surface area contributed by atoms with E-state index in [-0.39, 0.29) is 10.6 Å². The van der Waals surface area contributed by atoms with Gasteiger partial charge < -0.3 is 5.32 Å². The Morgan fingerprint density at radius 1 is 1.30 bits per heavy atom. The molecule has 1 heterocycles. The molecule has 1 N–H and O–H groups in total. The van der Waals surface area contributed by atoms with Crippen LogP contribution in [0.1, 0.15) is 11.3 Å². The van der Waals surface area contributed by atoms with Crippen LogP contribution in [-0.4, -0.2) is 16.5 Å². The van der Waals surface area contributed by atoms with Gasteiger partial charge in [-0.1, -0.05) is 22.0 Å². The van der Waals surface area contributed by atoms with Crippen molar-refractivity contribution < 1.29 is 4.92 Å². The minimum atomic E-state index is -0.361. The van der Waals surface area contributed by atoms with Crippen LogP contribution in [0, 0.1) is 10.1 Å². The second-order valence-corrected chi connectivity index (χ2v) is 5.19. The average molecular weight is 336 g/mol. The Bertz CT molecular complexity index is 590. The number of benzene rings is 1. The van der Waals surface area contributed by atoms with Crippen molar-refractivity contribution in [2.45, 2.75) is 13.0 Å². The molecule has 0 saturated heterocycles. The van der Waals surface area contributed by atoms with Crippen LogP contribution in [0.4, 0.5) is 5.69 Å². The van der Waals surface area contributed by atoms with Crippen molar-refractivity contribution in [1.29, 1.82) is 0 Å². The Morgan fingerprint density at radius 2 is 2.15 bits per heavy atom. The smallest absolute Gasteiger partial charge is 0.275 e. The number of nitro benzene ring substituents is 1. The Balaban J connectivity index is 1.90. The number of hydrogen-bond donors (Lipinski definition) is 1. The molecule has 20 heavy (non-hydrogen) atoms. The Kier molecular flexibility index (Phi) is 5.20. The molecule has 1 aromatic carbocycles. The molecule has 0 radical (unpaired) electrons. The summed E-state index contributed by atoms with van der Waals surface area (Å²) in [5, 5.41) is 14.2. The first-order chi connectivity index (χ1) is 9.66. The van der Waals surface area contributed by atoms with Crippen molar-refractivity contribution in [2.24, 2.45) is 0 Å². The molecule has 0 aliphatic heterocycles. The quantitative estimate of drug-likeness (QED) is 0.500. The van der Waals surface area contributed by atoms with E-state index in [4.69, 9.17) is 0 Å². The van der Waals surface area contributed by atoms with Gasteiger partial charge in [-0.05, 0) is 24.3 Å². The fourth-order valence-electron chi connectivity index (χ4n) is 1.84. The number of halogens is 1. The van der Waals surface area contributed by atoms with E-state index >= 15 is 0 Å². The van der Waals surface area contributed by atoms with E-state index < -0.39 is 0 Å². The van der Waals surface area contributed by atoms with Crippen LogP contribution in [-0.2, 0) is 13.0 Å². The van der Waals surface area contributed by atoms with E-state index in [0.717, 1.165) is 18.7 Å². The van der Waals surface area contributed by atoms with E-state index in [1.807, 2.05) is 24.3 Å². The number of hydrogen-bond acceptors (Lipinski definition) is 4. The largest absolute Gasteiger partial charge is 0.312 e. The number of nitro groups is 1. The summed E-state index contributed by atoms with van der Waals surface area (Å²) in [7, 11) is 0. The first-order valence-electron chi connectivity index (χ1n) is 6.20. The highest BCUT2D eigenvalue weighted by Gasteiger charge is 2.13. The summed E-state index contributed by atoms with van der Waals surface area (Å²) in [5.74, 6) is 0. The van der Waals surface area contributed by atoms with Gasteiger partial charge in [-0.25, -0.2) is 0 Å². The number of pyridine rings is 1. The van der Waals surface area contributed by atoms with Crippen molar-refractivity contribution in [3.05, 3.63) is 68.4 Å². The van der Waals surface area contributed by atoms with Gasteiger partial charge in [0, 0.05) is 47.5 Å². The number of aromatic nitrogens is 1. The van der Waals surface area contributed by atoms with Crippen LogP contribution in [0.3, 0.4) is 0 Å². The maximum Gasteiger partial charge on any atom is 0.275 e. The molecule has 2 aromatic rings. The summed E-state index contributed by atoms with van der Waals surface area (Å²) >= 11 is 3.24. The summed E-state index contributed by atoms with van der Waals surface area (Å²) in [6.45, 7) is 1.20. The highest BCUT2D eigenvalue weighted by molar-refractivity contribution is 9.10. The van der Waals surface area contributed by atoms with E-state index in [9.17, 15) is 10.1 Å². The van der Waals surface area contributed by atoms with Gasteiger partial charge in [0.1, 0.15) is 0 Å². The van der Waals surface area contributed by atoms with Gasteiger partial charge >= 0.3 is 0 Å². The number of rotatable bonds is 6. The van der Waals surface area contributed by atoms with Crippen molar-refractivity contribution in [2.75, 3.05) is 6.54 Å². The molecule has 0 amide bonds. The van der Waals surface area contributed by atoms with Crippen molar-refractivity contribution in [3.63, 3.8) is 0 Å². The van der Waals surface area contributed by atoms with E-state index in [2.05, 4.69) is 26.2 Å². The molecule has 0 spiro atoms. The maximum atomic E-state index is 11.0. The highest BCUT2D eigenvalue weighted by atomic mass is 79.9. The fraction of sp³-hybridized carbons (Fsp3) is 0.214. The third kappa shape index (κ3) is 4.11. The lowest BCUT2D eigenvalue weighted by Crippen LogP contribution is -2.17. The predicted octanol–water partition coefficient (Wildman–Crippen LogP) is 3.08. The molecule has 0 aliphatic rings. The van der Waals surface area contributed by atoms with Crippen LogP contribution in [0.15, 0.2) is 47.1 Å². The normalized spacial score (nSPS) is 10.4. The van der Waals surface area contributed by atoms with Crippen LogP contribution in [0.25, 0.3) is 0 Å². The van der Waals surface area contributed by atoms with Crippen LogP contribution in [0.2, 0.25) is 0 Å². The molecule has 104 valence electrons. The number of nitrogens with one attached hydrogen (secondary N) is 1. The molecule has 0 bridgehead atoms. The van der Waals surface area contributed by atoms with Gasteiger partial charge in [-0.3, -0.25) is 15.1 Å². The Labute approximate surface area is 125 Å². The molecule has 0 saturated carbocycles. The Hall–Kier alpha value is -1.79. The van der Waals surface area contributed by atoms with E-state index in [1.165, 1.54) is 6.07 Å². The first kappa shape index (κ1) is 14.6. The zero-order valence-corrected chi connectivity index (χ0v) is 12.3. The molecule has 0 unspecified atom stereocenters. The van der Waals surface area contributed by atoms with Gasteiger partial charge in [-0.15, -0.1) is 0 Å². The molecule has 0 aliphatic carbocycles. The lowest BCUT2D eigenvalue weighted by Gasteiger charge is -2.06. The SMILES string of the molecule is O=[N+]([O-])c1cc(Br)ccc1CNCCc1ccccn1. The van der Waals surface area contributed by atoms with Crippen LogP contribution >= 0.6 is 15.9 Å². The summed E-state index contributed by atoms with van der Waals surface area (Å²) < 4.78 is 0.710. The molecule has 1 aromatic heterocycles. The van der Waals surface area contributed by atoms with Crippen LogP contribution < -0.4 is 5.32 Å². The zero-order chi connectivity index (χ0) is 14.4. The van der Waals surface area contributed by atoms with Gasteiger partial charge in [0.25, 0.3) is 5.69 Å². The molecule has 6 heteroatoms. The third-order valence-electron chi connectivity index (χ3n) is 2.84. The second-order valence-electron chi connectivity index (χ2n) is 4.28. The molecule has 2 rings (SSSR count). The third-order valence-corrected chi connectivity index (χ3v) is 3.34. The highest BCUT2D eigenvalue weighted by Crippen LogP contribution is 2.23. The summed E-state index contributed by atoms with van der Waals surface area (Å²) in [6, 6.07) is 10.9. The lowest BCUT2D eigenvalue weighted by molar-refractivity contribution is -0.385. The van der Waals surface area contributed by atoms with Gasteiger partial charge in [-0.2, -0.15) is 0 Å². The lowest BCUT2D eigenvalue weighted by atomic mass is 10.2.